The third kappa shape index (κ3) is 2.02. The molecule has 0 aliphatic rings. The predicted molar refractivity (Wildman–Crippen MR) is 72.0 cm³/mol. The van der Waals surface area contributed by atoms with E-state index in [1.807, 2.05) is 32.2 Å². The summed E-state index contributed by atoms with van der Waals surface area (Å²) in [6.45, 7) is 1.96. The molecule has 2 aromatic rings. The van der Waals surface area contributed by atoms with Gasteiger partial charge in [-0.25, -0.2) is 0 Å². The molecule has 1 aromatic heterocycles. The Bertz CT molecular complexity index is 563. The van der Waals surface area contributed by atoms with Crippen LogP contribution in [0.4, 0.5) is 5.82 Å². The van der Waals surface area contributed by atoms with Crippen LogP contribution in [0, 0.1) is 6.92 Å². The number of rotatable bonds is 2. The largest absolute Gasteiger partial charge is 0.497 e. The van der Waals surface area contributed by atoms with Crippen molar-refractivity contribution in [3.8, 4) is 17.0 Å². The molecule has 0 spiro atoms. The van der Waals surface area contributed by atoms with Crippen LogP contribution in [0.5, 0.6) is 5.75 Å². The summed E-state index contributed by atoms with van der Waals surface area (Å²) in [5.74, 6) is 1.47. The van der Waals surface area contributed by atoms with E-state index in [-0.39, 0.29) is 0 Å². The molecule has 0 saturated carbocycles. The highest BCUT2D eigenvalue weighted by molar-refractivity contribution is 9.10. The van der Waals surface area contributed by atoms with Crippen molar-refractivity contribution in [2.75, 3.05) is 12.8 Å². The number of aromatic nitrogens is 2. The van der Waals surface area contributed by atoms with Crippen molar-refractivity contribution in [1.82, 2.24) is 9.78 Å². The second-order valence-corrected chi connectivity index (χ2v) is 4.68. The molecule has 4 nitrogen and oxygen atoms in total. The Labute approximate surface area is 109 Å². The molecule has 1 heterocycles. The first-order chi connectivity index (χ1) is 8.04. The van der Waals surface area contributed by atoms with Gasteiger partial charge in [-0.2, -0.15) is 5.10 Å². The number of aryl methyl sites for hydroxylation is 1. The minimum absolute atomic E-state index is 0.676. The van der Waals surface area contributed by atoms with E-state index in [1.54, 1.807) is 11.8 Å². The van der Waals surface area contributed by atoms with Gasteiger partial charge in [-0.1, -0.05) is 15.9 Å². The molecule has 0 aliphatic carbocycles. The van der Waals surface area contributed by atoms with E-state index >= 15 is 0 Å². The number of nitrogen functional groups attached to an aromatic ring is 1. The zero-order valence-electron chi connectivity index (χ0n) is 9.99. The van der Waals surface area contributed by atoms with Crippen molar-refractivity contribution in [3.05, 3.63) is 28.2 Å². The molecule has 1 aromatic carbocycles. The van der Waals surface area contributed by atoms with Crippen molar-refractivity contribution in [1.29, 1.82) is 0 Å². The molecule has 0 unspecified atom stereocenters. The van der Waals surface area contributed by atoms with Gasteiger partial charge in [0.15, 0.2) is 0 Å². The van der Waals surface area contributed by atoms with Gasteiger partial charge in [-0.15, -0.1) is 0 Å². The molecular formula is C12H14BrN3O. The van der Waals surface area contributed by atoms with Gasteiger partial charge in [-0.3, -0.25) is 4.68 Å². The van der Waals surface area contributed by atoms with Gasteiger partial charge in [-0.05, 0) is 25.1 Å². The Kier molecular flexibility index (Phi) is 3.11. The summed E-state index contributed by atoms with van der Waals surface area (Å²) in [7, 11) is 3.48. The summed E-state index contributed by atoms with van der Waals surface area (Å²) >= 11 is 3.52. The van der Waals surface area contributed by atoms with Crippen molar-refractivity contribution in [3.63, 3.8) is 0 Å². The summed E-state index contributed by atoms with van der Waals surface area (Å²) in [6.07, 6.45) is 0. The molecule has 90 valence electrons. The predicted octanol–water partition coefficient (Wildman–Crippen LogP) is 2.75. The fourth-order valence-electron chi connectivity index (χ4n) is 1.71. The first kappa shape index (κ1) is 12.0. The van der Waals surface area contributed by atoms with Gasteiger partial charge in [0.1, 0.15) is 11.6 Å². The number of methoxy groups -OCH3 is 1. The van der Waals surface area contributed by atoms with Gasteiger partial charge in [0, 0.05) is 22.6 Å². The van der Waals surface area contributed by atoms with Crippen LogP contribution in [0.1, 0.15) is 5.56 Å². The topological polar surface area (TPSA) is 53.1 Å². The highest BCUT2D eigenvalue weighted by Crippen LogP contribution is 2.34. The fraction of sp³-hybridized carbons (Fsp3) is 0.250. The number of hydrogen-bond acceptors (Lipinski definition) is 3. The van der Waals surface area contributed by atoms with E-state index in [2.05, 4.69) is 21.0 Å². The molecule has 0 radical (unpaired) electrons. The summed E-state index contributed by atoms with van der Waals surface area (Å²) in [5, 5.41) is 4.42. The lowest BCUT2D eigenvalue weighted by Crippen LogP contribution is -1.97. The minimum Gasteiger partial charge on any atom is -0.497 e. The number of benzene rings is 1. The first-order valence-corrected chi connectivity index (χ1v) is 5.97. The highest BCUT2D eigenvalue weighted by Gasteiger charge is 2.14. The molecule has 0 bridgehead atoms. The zero-order valence-corrected chi connectivity index (χ0v) is 11.6. The van der Waals surface area contributed by atoms with Crippen molar-refractivity contribution >= 4 is 21.7 Å². The van der Waals surface area contributed by atoms with Gasteiger partial charge in [0.25, 0.3) is 0 Å². The molecule has 0 saturated heterocycles. The number of nitrogens with zero attached hydrogens (tertiary/aromatic N) is 2. The van der Waals surface area contributed by atoms with Crippen LogP contribution >= 0.6 is 15.9 Å². The SMILES string of the molecule is COc1ccc(Br)c(-c2nn(C)c(N)c2C)c1. The monoisotopic (exact) mass is 295 g/mol. The maximum Gasteiger partial charge on any atom is 0.124 e. The summed E-state index contributed by atoms with van der Waals surface area (Å²) < 4.78 is 7.87. The number of hydrogen-bond donors (Lipinski definition) is 1. The Balaban J connectivity index is 2.63. The average Bonchev–Trinajstić information content (AvgIpc) is 2.58. The highest BCUT2D eigenvalue weighted by atomic mass is 79.9. The van der Waals surface area contributed by atoms with Crippen LogP contribution in [-0.2, 0) is 7.05 Å². The molecule has 0 amide bonds. The second-order valence-electron chi connectivity index (χ2n) is 3.83. The minimum atomic E-state index is 0.676. The Morgan fingerprint density at radius 2 is 2.12 bits per heavy atom. The standard InChI is InChI=1S/C12H14BrN3O/c1-7-11(15-16(2)12(7)14)9-6-8(17-3)4-5-10(9)13/h4-6H,14H2,1-3H3. The lowest BCUT2D eigenvalue weighted by atomic mass is 10.1. The number of nitrogens with two attached hydrogens (primary N) is 1. The third-order valence-corrected chi connectivity index (χ3v) is 3.46. The van der Waals surface area contributed by atoms with Crippen LogP contribution < -0.4 is 10.5 Å². The van der Waals surface area contributed by atoms with Crippen molar-refractivity contribution in [2.24, 2.45) is 7.05 Å². The number of halogens is 1. The zero-order chi connectivity index (χ0) is 12.6. The van der Waals surface area contributed by atoms with Crippen LogP contribution in [0.25, 0.3) is 11.3 Å². The molecule has 0 fully saturated rings. The Hall–Kier alpha value is -1.49. The molecular weight excluding hydrogens is 282 g/mol. The van der Waals surface area contributed by atoms with Crippen LogP contribution in [0.15, 0.2) is 22.7 Å². The molecule has 2 rings (SSSR count). The molecule has 0 aliphatic heterocycles. The van der Waals surface area contributed by atoms with Gasteiger partial charge in [0.05, 0.1) is 12.8 Å². The lowest BCUT2D eigenvalue weighted by molar-refractivity contribution is 0.415. The van der Waals surface area contributed by atoms with Crippen molar-refractivity contribution in [2.45, 2.75) is 6.92 Å². The smallest absolute Gasteiger partial charge is 0.124 e. The Morgan fingerprint density at radius 3 is 2.65 bits per heavy atom. The van der Waals surface area contributed by atoms with E-state index in [0.717, 1.165) is 27.0 Å². The maximum atomic E-state index is 5.91. The van der Waals surface area contributed by atoms with E-state index in [4.69, 9.17) is 10.5 Å². The van der Waals surface area contributed by atoms with Gasteiger partial charge in [0.2, 0.25) is 0 Å². The molecule has 5 heteroatoms. The summed E-state index contributed by atoms with van der Waals surface area (Å²) in [4.78, 5) is 0. The number of anilines is 1. The first-order valence-electron chi connectivity index (χ1n) is 5.17. The van der Waals surface area contributed by atoms with E-state index in [9.17, 15) is 0 Å². The second kappa shape index (κ2) is 4.41. The van der Waals surface area contributed by atoms with Crippen LogP contribution in [-0.4, -0.2) is 16.9 Å². The third-order valence-electron chi connectivity index (χ3n) is 2.77. The van der Waals surface area contributed by atoms with Gasteiger partial charge < -0.3 is 10.5 Å². The van der Waals surface area contributed by atoms with E-state index in [1.165, 1.54) is 0 Å². The van der Waals surface area contributed by atoms with Crippen LogP contribution in [0.2, 0.25) is 0 Å². The normalized spacial score (nSPS) is 10.6. The van der Waals surface area contributed by atoms with E-state index in [0.29, 0.717) is 5.82 Å². The Morgan fingerprint density at radius 1 is 1.41 bits per heavy atom. The summed E-state index contributed by atoms with van der Waals surface area (Å²) in [6, 6.07) is 5.78. The van der Waals surface area contributed by atoms with Crippen LogP contribution in [0.3, 0.4) is 0 Å². The summed E-state index contributed by atoms with van der Waals surface area (Å²) in [5.41, 5.74) is 8.74. The maximum absolute atomic E-state index is 5.91. The molecule has 0 atom stereocenters. The van der Waals surface area contributed by atoms with Gasteiger partial charge >= 0.3 is 0 Å². The van der Waals surface area contributed by atoms with Crippen molar-refractivity contribution < 1.29 is 4.74 Å². The van der Waals surface area contributed by atoms with E-state index < -0.39 is 0 Å². The fourth-order valence-corrected chi connectivity index (χ4v) is 2.15. The average molecular weight is 296 g/mol. The number of ether oxygens (including phenoxy) is 1. The lowest BCUT2D eigenvalue weighted by Gasteiger charge is -2.05. The molecule has 2 N–H and O–H groups in total. The quantitative estimate of drug-likeness (QED) is 0.927. The molecule has 17 heavy (non-hydrogen) atoms.